The van der Waals surface area contributed by atoms with Crippen LogP contribution in [0, 0.1) is 0 Å². The molecular formula is C18H29N3O. The number of aliphatic hydroxyl groups is 1. The molecule has 1 aliphatic carbocycles. The summed E-state index contributed by atoms with van der Waals surface area (Å²) in [5.41, 5.74) is 0.907. The second kappa shape index (κ2) is 7.53. The van der Waals surface area contributed by atoms with Crippen LogP contribution in [0.1, 0.15) is 50.5 Å². The molecular weight excluding hydrogens is 274 g/mol. The number of nitrogens with zero attached hydrogens (tertiary/aromatic N) is 2. The molecule has 0 spiro atoms. The summed E-state index contributed by atoms with van der Waals surface area (Å²) in [6, 6.07) is 4.77. The van der Waals surface area contributed by atoms with Crippen molar-refractivity contribution in [3.8, 4) is 0 Å². The van der Waals surface area contributed by atoms with Gasteiger partial charge in [-0.05, 0) is 56.5 Å². The minimum absolute atomic E-state index is 0.438. The number of likely N-dealkylation sites (tertiary alicyclic amines) is 1. The van der Waals surface area contributed by atoms with Crippen LogP contribution < -0.4 is 5.32 Å². The van der Waals surface area contributed by atoms with Gasteiger partial charge in [0.05, 0.1) is 5.60 Å². The summed E-state index contributed by atoms with van der Waals surface area (Å²) in [6.07, 6.45) is 11.7. The van der Waals surface area contributed by atoms with E-state index in [0.717, 1.165) is 39.0 Å². The van der Waals surface area contributed by atoms with Crippen LogP contribution in [0.15, 0.2) is 24.5 Å². The Morgan fingerprint density at radius 1 is 1.14 bits per heavy atom. The van der Waals surface area contributed by atoms with Crippen LogP contribution in [0.25, 0.3) is 0 Å². The SMILES string of the molecule is OC1(CNC2CCN(Cc3ccncc3)CC2)CCCCC1. The highest BCUT2D eigenvalue weighted by Crippen LogP contribution is 2.27. The van der Waals surface area contributed by atoms with Gasteiger partial charge in [0.25, 0.3) is 0 Å². The molecule has 22 heavy (non-hydrogen) atoms. The number of hydrogen-bond donors (Lipinski definition) is 2. The minimum atomic E-state index is -0.438. The van der Waals surface area contributed by atoms with E-state index in [1.54, 1.807) is 0 Å². The number of nitrogens with one attached hydrogen (secondary N) is 1. The van der Waals surface area contributed by atoms with Gasteiger partial charge in [0.2, 0.25) is 0 Å². The Kier molecular flexibility index (Phi) is 5.45. The van der Waals surface area contributed by atoms with Crippen LogP contribution in [0.2, 0.25) is 0 Å². The Hall–Kier alpha value is -0.970. The third-order valence-corrected chi connectivity index (χ3v) is 5.25. The third kappa shape index (κ3) is 4.51. The van der Waals surface area contributed by atoms with E-state index in [1.165, 1.54) is 37.7 Å². The molecule has 1 aromatic rings. The number of hydrogen-bond acceptors (Lipinski definition) is 4. The van der Waals surface area contributed by atoms with E-state index in [-0.39, 0.29) is 0 Å². The Morgan fingerprint density at radius 3 is 2.50 bits per heavy atom. The van der Waals surface area contributed by atoms with Crippen LogP contribution in [-0.4, -0.2) is 46.3 Å². The normalized spacial score (nSPS) is 23.5. The molecule has 2 N–H and O–H groups in total. The average Bonchev–Trinajstić information content (AvgIpc) is 2.56. The van der Waals surface area contributed by atoms with Crippen molar-refractivity contribution in [2.75, 3.05) is 19.6 Å². The van der Waals surface area contributed by atoms with Gasteiger partial charge < -0.3 is 10.4 Å². The van der Waals surface area contributed by atoms with Crippen molar-refractivity contribution in [1.29, 1.82) is 0 Å². The zero-order valence-corrected chi connectivity index (χ0v) is 13.5. The van der Waals surface area contributed by atoms with E-state index in [0.29, 0.717) is 6.04 Å². The maximum atomic E-state index is 10.6. The summed E-state index contributed by atoms with van der Waals surface area (Å²) in [5, 5.41) is 14.2. The van der Waals surface area contributed by atoms with Crippen molar-refractivity contribution < 1.29 is 5.11 Å². The van der Waals surface area contributed by atoms with Gasteiger partial charge in [-0.1, -0.05) is 19.3 Å². The van der Waals surface area contributed by atoms with E-state index in [1.807, 2.05) is 12.4 Å². The smallest absolute Gasteiger partial charge is 0.0771 e. The average molecular weight is 303 g/mol. The summed E-state index contributed by atoms with van der Waals surface area (Å²) in [6.45, 7) is 4.08. The highest BCUT2D eigenvalue weighted by atomic mass is 16.3. The van der Waals surface area contributed by atoms with Crippen molar-refractivity contribution in [2.24, 2.45) is 0 Å². The fourth-order valence-corrected chi connectivity index (χ4v) is 3.76. The molecule has 0 unspecified atom stereocenters. The molecule has 1 aromatic heterocycles. The summed E-state index contributed by atoms with van der Waals surface area (Å²) in [5.74, 6) is 0. The first kappa shape index (κ1) is 15.9. The van der Waals surface area contributed by atoms with Gasteiger partial charge in [-0.25, -0.2) is 0 Å². The second-order valence-electron chi connectivity index (χ2n) is 7.07. The molecule has 3 rings (SSSR count). The van der Waals surface area contributed by atoms with Gasteiger partial charge >= 0.3 is 0 Å². The zero-order valence-electron chi connectivity index (χ0n) is 13.5. The van der Waals surface area contributed by atoms with Gasteiger partial charge in [0, 0.05) is 31.5 Å². The summed E-state index contributed by atoms with van der Waals surface area (Å²) >= 11 is 0. The molecule has 4 heteroatoms. The topological polar surface area (TPSA) is 48.4 Å². The molecule has 0 amide bonds. The van der Waals surface area contributed by atoms with Crippen molar-refractivity contribution in [3.63, 3.8) is 0 Å². The van der Waals surface area contributed by atoms with E-state index >= 15 is 0 Å². The maximum absolute atomic E-state index is 10.6. The monoisotopic (exact) mass is 303 g/mol. The number of piperidine rings is 1. The van der Waals surface area contributed by atoms with Gasteiger partial charge in [0.1, 0.15) is 0 Å². The standard InChI is InChI=1S/C18H29N3O/c22-18(8-2-1-3-9-18)15-20-17-6-12-21(13-7-17)14-16-4-10-19-11-5-16/h4-5,10-11,17,20,22H,1-3,6-9,12-15H2. The van der Waals surface area contributed by atoms with Gasteiger partial charge in [-0.2, -0.15) is 0 Å². The molecule has 2 heterocycles. The lowest BCUT2D eigenvalue weighted by Crippen LogP contribution is -2.49. The van der Waals surface area contributed by atoms with Crippen LogP contribution in [0.5, 0.6) is 0 Å². The molecule has 122 valence electrons. The second-order valence-corrected chi connectivity index (χ2v) is 7.07. The summed E-state index contributed by atoms with van der Waals surface area (Å²) in [7, 11) is 0. The molecule has 1 saturated carbocycles. The van der Waals surface area contributed by atoms with Crippen LogP contribution in [-0.2, 0) is 6.54 Å². The minimum Gasteiger partial charge on any atom is -0.389 e. The van der Waals surface area contributed by atoms with Gasteiger partial charge in [-0.15, -0.1) is 0 Å². The van der Waals surface area contributed by atoms with E-state index < -0.39 is 5.60 Å². The fraction of sp³-hybridized carbons (Fsp3) is 0.722. The summed E-state index contributed by atoms with van der Waals surface area (Å²) < 4.78 is 0. The Bertz CT molecular complexity index is 437. The molecule has 0 radical (unpaired) electrons. The van der Waals surface area contributed by atoms with Crippen molar-refractivity contribution in [1.82, 2.24) is 15.2 Å². The van der Waals surface area contributed by atoms with Crippen molar-refractivity contribution >= 4 is 0 Å². The molecule has 0 aromatic carbocycles. The van der Waals surface area contributed by atoms with Crippen molar-refractivity contribution in [2.45, 2.75) is 63.1 Å². The third-order valence-electron chi connectivity index (χ3n) is 5.25. The molecule has 2 fully saturated rings. The van der Waals surface area contributed by atoms with Crippen LogP contribution >= 0.6 is 0 Å². The van der Waals surface area contributed by atoms with Crippen molar-refractivity contribution in [3.05, 3.63) is 30.1 Å². The lowest BCUT2D eigenvalue weighted by atomic mass is 9.84. The summed E-state index contributed by atoms with van der Waals surface area (Å²) in [4.78, 5) is 6.59. The molecule has 0 bridgehead atoms. The predicted molar refractivity (Wildman–Crippen MR) is 88.6 cm³/mol. The molecule has 0 atom stereocenters. The predicted octanol–water partition coefficient (Wildman–Crippen LogP) is 2.33. The van der Waals surface area contributed by atoms with E-state index in [9.17, 15) is 5.11 Å². The fourth-order valence-electron chi connectivity index (χ4n) is 3.76. The molecule has 4 nitrogen and oxygen atoms in total. The Morgan fingerprint density at radius 2 is 1.82 bits per heavy atom. The molecule has 1 aliphatic heterocycles. The van der Waals surface area contributed by atoms with E-state index in [4.69, 9.17) is 0 Å². The number of aromatic nitrogens is 1. The van der Waals surface area contributed by atoms with Crippen LogP contribution in [0.4, 0.5) is 0 Å². The number of rotatable bonds is 5. The van der Waals surface area contributed by atoms with E-state index in [2.05, 4.69) is 27.3 Å². The quantitative estimate of drug-likeness (QED) is 0.876. The maximum Gasteiger partial charge on any atom is 0.0771 e. The van der Waals surface area contributed by atoms with Gasteiger partial charge in [0.15, 0.2) is 0 Å². The first-order valence-electron chi connectivity index (χ1n) is 8.81. The van der Waals surface area contributed by atoms with Crippen LogP contribution in [0.3, 0.4) is 0 Å². The first-order chi connectivity index (χ1) is 10.7. The lowest BCUT2D eigenvalue weighted by Gasteiger charge is -2.37. The first-order valence-corrected chi connectivity index (χ1v) is 8.81. The Labute approximate surface area is 133 Å². The largest absolute Gasteiger partial charge is 0.389 e. The highest BCUT2D eigenvalue weighted by molar-refractivity contribution is 5.09. The molecule has 2 aliphatic rings. The van der Waals surface area contributed by atoms with Gasteiger partial charge in [-0.3, -0.25) is 9.88 Å². The Balaban J connectivity index is 1.38. The highest BCUT2D eigenvalue weighted by Gasteiger charge is 2.30. The lowest BCUT2D eigenvalue weighted by molar-refractivity contribution is 0.000669. The molecule has 1 saturated heterocycles. The zero-order chi connectivity index (χ0) is 15.3. The number of pyridine rings is 1.